The summed E-state index contributed by atoms with van der Waals surface area (Å²) in [5, 5.41) is 8.73. The van der Waals surface area contributed by atoms with Crippen LogP contribution in [-0.2, 0) is 11.2 Å². The lowest BCUT2D eigenvalue weighted by molar-refractivity contribution is 0.0222. The van der Waals surface area contributed by atoms with Crippen molar-refractivity contribution in [3.63, 3.8) is 0 Å². The molecule has 5 heteroatoms. The van der Waals surface area contributed by atoms with E-state index < -0.39 is 5.97 Å². The number of ether oxygens (including phenoxy) is 1. The molecule has 0 aliphatic carbocycles. The van der Waals surface area contributed by atoms with E-state index in [0.717, 1.165) is 0 Å². The van der Waals surface area contributed by atoms with Crippen LogP contribution in [0, 0.1) is 0 Å². The van der Waals surface area contributed by atoms with Gasteiger partial charge in [0.2, 0.25) is 0 Å². The third-order valence-electron chi connectivity index (χ3n) is 2.06. The van der Waals surface area contributed by atoms with Crippen LogP contribution >= 0.6 is 0 Å². The fourth-order valence-corrected chi connectivity index (χ4v) is 1.10. The molecule has 82 valence electrons. The lowest BCUT2D eigenvalue weighted by atomic mass is 10.0. The largest absolute Gasteiger partial charge is 0.476 e. The van der Waals surface area contributed by atoms with Crippen molar-refractivity contribution < 1.29 is 14.6 Å². The Balaban J connectivity index is 2.87. The van der Waals surface area contributed by atoms with Crippen LogP contribution in [0.25, 0.3) is 0 Å². The van der Waals surface area contributed by atoms with Gasteiger partial charge >= 0.3 is 5.97 Å². The zero-order valence-electron chi connectivity index (χ0n) is 9.02. The summed E-state index contributed by atoms with van der Waals surface area (Å²) in [5.74, 6) is -1.07. The van der Waals surface area contributed by atoms with Crippen LogP contribution in [-0.4, -0.2) is 33.8 Å². The second-order valence-electron chi connectivity index (χ2n) is 3.84. The molecule has 1 aromatic heterocycles. The van der Waals surface area contributed by atoms with Crippen LogP contribution in [0.4, 0.5) is 0 Å². The molecule has 0 aromatic carbocycles. The molecule has 0 atom stereocenters. The average Bonchev–Trinajstić information content (AvgIpc) is 2.17. The van der Waals surface area contributed by atoms with Gasteiger partial charge in [0.25, 0.3) is 0 Å². The van der Waals surface area contributed by atoms with Gasteiger partial charge in [0, 0.05) is 19.7 Å². The summed E-state index contributed by atoms with van der Waals surface area (Å²) in [4.78, 5) is 18.4. The zero-order chi connectivity index (χ0) is 11.5. The predicted molar refractivity (Wildman–Crippen MR) is 53.8 cm³/mol. The van der Waals surface area contributed by atoms with Crippen molar-refractivity contribution in [3.8, 4) is 0 Å². The van der Waals surface area contributed by atoms with Gasteiger partial charge in [-0.2, -0.15) is 0 Å². The second-order valence-corrected chi connectivity index (χ2v) is 3.84. The number of methoxy groups -OCH3 is 1. The molecule has 0 amide bonds. The highest BCUT2D eigenvalue weighted by Gasteiger charge is 2.19. The SMILES string of the molecule is COC(C)(C)Cc1cncc(C(=O)O)n1. The maximum atomic E-state index is 10.7. The standard InChI is InChI=1S/C10H14N2O3/c1-10(2,15-3)4-7-5-11-6-8(12-7)9(13)14/h5-6H,4H2,1-3H3,(H,13,14). The zero-order valence-corrected chi connectivity index (χ0v) is 9.02. The van der Waals surface area contributed by atoms with Crippen molar-refractivity contribution in [1.29, 1.82) is 0 Å². The molecule has 0 bridgehead atoms. The molecule has 0 saturated carbocycles. The smallest absolute Gasteiger partial charge is 0.356 e. The van der Waals surface area contributed by atoms with Gasteiger partial charge in [-0.15, -0.1) is 0 Å². The highest BCUT2D eigenvalue weighted by atomic mass is 16.5. The van der Waals surface area contributed by atoms with Crippen molar-refractivity contribution in [1.82, 2.24) is 9.97 Å². The minimum Gasteiger partial charge on any atom is -0.476 e. The molecule has 1 rings (SSSR count). The van der Waals surface area contributed by atoms with Gasteiger partial charge in [0.1, 0.15) is 0 Å². The third kappa shape index (κ3) is 3.28. The maximum Gasteiger partial charge on any atom is 0.356 e. The number of carboxylic acid groups (broad SMARTS) is 1. The van der Waals surface area contributed by atoms with E-state index in [1.807, 2.05) is 13.8 Å². The van der Waals surface area contributed by atoms with Crippen molar-refractivity contribution in [2.24, 2.45) is 0 Å². The number of carboxylic acids is 1. The van der Waals surface area contributed by atoms with Crippen molar-refractivity contribution in [3.05, 3.63) is 23.8 Å². The van der Waals surface area contributed by atoms with Gasteiger partial charge in [-0.1, -0.05) is 0 Å². The van der Waals surface area contributed by atoms with E-state index in [-0.39, 0.29) is 11.3 Å². The number of nitrogens with zero attached hydrogens (tertiary/aromatic N) is 2. The fourth-order valence-electron chi connectivity index (χ4n) is 1.10. The van der Waals surface area contributed by atoms with E-state index in [1.165, 1.54) is 6.20 Å². The summed E-state index contributed by atoms with van der Waals surface area (Å²) in [6, 6.07) is 0. The number of hydrogen-bond donors (Lipinski definition) is 1. The van der Waals surface area contributed by atoms with E-state index in [4.69, 9.17) is 9.84 Å². The lowest BCUT2D eigenvalue weighted by Gasteiger charge is -2.21. The van der Waals surface area contributed by atoms with E-state index in [1.54, 1.807) is 13.3 Å². The minimum atomic E-state index is -1.07. The summed E-state index contributed by atoms with van der Waals surface area (Å²) in [7, 11) is 1.61. The molecule has 0 spiro atoms. The van der Waals surface area contributed by atoms with Crippen LogP contribution < -0.4 is 0 Å². The molecule has 5 nitrogen and oxygen atoms in total. The highest BCUT2D eigenvalue weighted by Crippen LogP contribution is 2.13. The minimum absolute atomic E-state index is 0.0422. The normalized spacial score (nSPS) is 11.4. The first-order valence-corrected chi connectivity index (χ1v) is 4.54. The van der Waals surface area contributed by atoms with Crippen LogP contribution in [0.2, 0.25) is 0 Å². The number of aromatic nitrogens is 2. The Kier molecular flexibility index (Phi) is 3.36. The van der Waals surface area contributed by atoms with Crippen LogP contribution in [0.5, 0.6) is 0 Å². The highest BCUT2D eigenvalue weighted by molar-refractivity contribution is 5.84. The first-order chi connectivity index (χ1) is 6.94. The molecule has 0 aliphatic rings. The summed E-state index contributed by atoms with van der Waals surface area (Å²) >= 11 is 0. The van der Waals surface area contributed by atoms with E-state index >= 15 is 0 Å². The molecule has 0 unspecified atom stereocenters. The van der Waals surface area contributed by atoms with Gasteiger partial charge in [-0.05, 0) is 13.8 Å². The van der Waals surface area contributed by atoms with Crippen molar-refractivity contribution in [2.75, 3.05) is 7.11 Å². The van der Waals surface area contributed by atoms with Gasteiger partial charge in [0.05, 0.1) is 17.5 Å². The van der Waals surface area contributed by atoms with E-state index in [9.17, 15) is 4.79 Å². The molecule has 1 heterocycles. The number of carbonyl (C=O) groups is 1. The predicted octanol–water partition coefficient (Wildman–Crippen LogP) is 1.14. The topological polar surface area (TPSA) is 72.3 Å². The van der Waals surface area contributed by atoms with Gasteiger partial charge in [-0.3, -0.25) is 4.98 Å². The molecular formula is C10H14N2O3. The summed E-state index contributed by atoms with van der Waals surface area (Å²) in [6.07, 6.45) is 3.30. The quantitative estimate of drug-likeness (QED) is 0.806. The lowest BCUT2D eigenvalue weighted by Crippen LogP contribution is -2.26. The Morgan fingerprint density at radius 1 is 1.53 bits per heavy atom. The number of aromatic carboxylic acids is 1. The second kappa shape index (κ2) is 4.35. The Labute approximate surface area is 88.1 Å². The number of hydrogen-bond acceptors (Lipinski definition) is 4. The van der Waals surface area contributed by atoms with Gasteiger partial charge in [0.15, 0.2) is 5.69 Å². The Morgan fingerprint density at radius 3 is 2.73 bits per heavy atom. The molecule has 0 aliphatic heterocycles. The molecule has 0 saturated heterocycles. The first kappa shape index (κ1) is 11.6. The van der Waals surface area contributed by atoms with E-state index in [0.29, 0.717) is 12.1 Å². The molecule has 1 N–H and O–H groups in total. The number of rotatable bonds is 4. The van der Waals surface area contributed by atoms with Crippen LogP contribution in [0.3, 0.4) is 0 Å². The fraction of sp³-hybridized carbons (Fsp3) is 0.500. The average molecular weight is 210 g/mol. The van der Waals surface area contributed by atoms with Crippen molar-refractivity contribution in [2.45, 2.75) is 25.9 Å². The van der Waals surface area contributed by atoms with Gasteiger partial charge in [-0.25, -0.2) is 9.78 Å². The summed E-state index contributed by atoms with van der Waals surface area (Å²) in [5.41, 5.74) is 0.201. The van der Waals surface area contributed by atoms with Crippen LogP contribution in [0.15, 0.2) is 12.4 Å². The third-order valence-corrected chi connectivity index (χ3v) is 2.06. The monoisotopic (exact) mass is 210 g/mol. The summed E-state index contributed by atoms with van der Waals surface area (Å²) in [6.45, 7) is 3.81. The Morgan fingerprint density at radius 2 is 2.20 bits per heavy atom. The Bertz CT molecular complexity index is 363. The molecular weight excluding hydrogens is 196 g/mol. The molecule has 1 aromatic rings. The summed E-state index contributed by atoms with van der Waals surface area (Å²) < 4.78 is 5.23. The maximum absolute atomic E-state index is 10.7. The molecule has 0 fully saturated rings. The molecule has 0 radical (unpaired) electrons. The van der Waals surface area contributed by atoms with Gasteiger partial charge < -0.3 is 9.84 Å². The Hall–Kier alpha value is -1.49. The molecule has 15 heavy (non-hydrogen) atoms. The van der Waals surface area contributed by atoms with Crippen LogP contribution in [0.1, 0.15) is 30.0 Å². The first-order valence-electron chi connectivity index (χ1n) is 4.54. The van der Waals surface area contributed by atoms with E-state index in [2.05, 4.69) is 9.97 Å². The van der Waals surface area contributed by atoms with Crippen molar-refractivity contribution >= 4 is 5.97 Å².